The molecule has 0 radical (unpaired) electrons. The second kappa shape index (κ2) is 11.2. The maximum Gasteiger partial charge on any atom is 0.260 e. The maximum absolute atomic E-state index is 12.4. The van der Waals surface area contributed by atoms with Gasteiger partial charge < -0.3 is 14.2 Å². The van der Waals surface area contributed by atoms with Gasteiger partial charge in [0.2, 0.25) is 10.0 Å². The van der Waals surface area contributed by atoms with Gasteiger partial charge in [0.05, 0.1) is 32.4 Å². The molecule has 0 heterocycles. The summed E-state index contributed by atoms with van der Waals surface area (Å²) >= 11 is 0. The zero-order valence-corrected chi connectivity index (χ0v) is 19.8. The Balaban J connectivity index is 1.66. The molecule has 0 aliphatic carbocycles. The molecule has 0 spiro atoms. The summed E-state index contributed by atoms with van der Waals surface area (Å²) in [5.74, 6) is 1.66. The van der Waals surface area contributed by atoms with Crippen molar-refractivity contribution in [3.05, 3.63) is 78.4 Å². The lowest BCUT2D eigenvalue weighted by atomic mass is 10.2. The zero-order chi connectivity index (χ0) is 24.6. The molecular weight excluding hydrogens is 458 g/mol. The molecule has 3 aromatic rings. The van der Waals surface area contributed by atoms with E-state index in [2.05, 4.69) is 10.5 Å². The summed E-state index contributed by atoms with van der Waals surface area (Å²) in [7, 11) is -0.684. The monoisotopic (exact) mass is 483 g/mol. The van der Waals surface area contributed by atoms with E-state index in [-0.39, 0.29) is 0 Å². The summed E-state index contributed by atoms with van der Waals surface area (Å²) in [4.78, 5) is 12.4. The van der Waals surface area contributed by atoms with Crippen LogP contribution in [0.3, 0.4) is 0 Å². The molecule has 34 heavy (non-hydrogen) atoms. The summed E-state index contributed by atoms with van der Waals surface area (Å²) in [5, 5.41) is 3.90. The van der Waals surface area contributed by atoms with Gasteiger partial charge in [-0.25, -0.2) is 13.8 Å². The van der Waals surface area contributed by atoms with Crippen LogP contribution in [0.15, 0.2) is 77.9 Å². The highest BCUT2D eigenvalue weighted by atomic mass is 32.2. The smallest absolute Gasteiger partial charge is 0.260 e. The summed E-state index contributed by atoms with van der Waals surface area (Å²) < 4.78 is 41.8. The average molecular weight is 484 g/mol. The number of para-hydroxylation sites is 1. The Hall–Kier alpha value is -4.05. The Bertz CT molecular complexity index is 1250. The number of methoxy groups -OCH3 is 2. The Morgan fingerprint density at radius 3 is 2.21 bits per heavy atom. The normalized spacial score (nSPS) is 11.1. The van der Waals surface area contributed by atoms with Crippen LogP contribution < -0.4 is 23.9 Å². The number of sulfonamides is 1. The number of hydrazone groups is 1. The van der Waals surface area contributed by atoms with Crippen molar-refractivity contribution in [2.24, 2.45) is 5.10 Å². The Morgan fingerprint density at radius 2 is 1.59 bits per heavy atom. The summed E-state index contributed by atoms with van der Waals surface area (Å²) in [5.41, 5.74) is 3.32. The lowest BCUT2D eigenvalue weighted by Gasteiger charge is -2.21. The number of rotatable bonds is 10. The highest BCUT2D eigenvalue weighted by Gasteiger charge is 2.20. The van der Waals surface area contributed by atoms with E-state index in [9.17, 15) is 13.2 Å². The molecule has 0 unspecified atom stereocenters. The molecular formula is C24H25N3O6S. The van der Waals surface area contributed by atoms with Gasteiger partial charge in [0.15, 0.2) is 11.5 Å². The molecule has 0 aliphatic heterocycles. The molecule has 9 nitrogen and oxygen atoms in total. The first-order valence-corrected chi connectivity index (χ1v) is 12.0. The standard InChI is InChI=1S/C24H25N3O6S/c1-31-22-14-9-18(15-23(22)32-2)16-25-26-24(28)17-27(34(3,29)30)19-10-12-21(13-11-19)33-20-7-5-4-6-8-20/h4-16H,17H2,1-3H3,(H,26,28)/b25-16+. The van der Waals surface area contributed by atoms with Crippen LogP contribution in [0.4, 0.5) is 5.69 Å². The molecule has 0 atom stereocenters. The maximum atomic E-state index is 12.4. The molecule has 0 aromatic heterocycles. The van der Waals surface area contributed by atoms with Crippen LogP contribution in [0.1, 0.15) is 5.56 Å². The van der Waals surface area contributed by atoms with Gasteiger partial charge in [-0.2, -0.15) is 5.10 Å². The molecule has 3 aromatic carbocycles. The number of nitrogens with one attached hydrogen (secondary N) is 1. The van der Waals surface area contributed by atoms with E-state index in [0.717, 1.165) is 10.6 Å². The number of benzene rings is 3. The lowest BCUT2D eigenvalue weighted by molar-refractivity contribution is -0.119. The van der Waals surface area contributed by atoms with Crippen LogP contribution in [0.5, 0.6) is 23.0 Å². The highest BCUT2D eigenvalue weighted by molar-refractivity contribution is 7.92. The number of amides is 1. The first-order valence-electron chi connectivity index (χ1n) is 10.1. The first-order chi connectivity index (χ1) is 16.3. The third-order valence-corrected chi connectivity index (χ3v) is 5.74. The molecule has 0 saturated heterocycles. The van der Waals surface area contributed by atoms with Crippen LogP contribution in [0.2, 0.25) is 0 Å². The molecule has 3 rings (SSSR count). The number of ether oxygens (including phenoxy) is 3. The minimum Gasteiger partial charge on any atom is -0.493 e. The van der Waals surface area contributed by atoms with E-state index in [4.69, 9.17) is 14.2 Å². The van der Waals surface area contributed by atoms with Crippen molar-refractivity contribution in [2.45, 2.75) is 0 Å². The molecule has 0 saturated carbocycles. The summed E-state index contributed by atoms with van der Waals surface area (Å²) in [6.07, 6.45) is 2.45. The van der Waals surface area contributed by atoms with Crippen LogP contribution in [0.25, 0.3) is 0 Å². The van der Waals surface area contributed by atoms with Crippen LogP contribution in [-0.4, -0.2) is 47.6 Å². The molecule has 0 fully saturated rings. The largest absolute Gasteiger partial charge is 0.493 e. The predicted molar refractivity (Wildman–Crippen MR) is 130 cm³/mol. The molecule has 0 aliphatic rings. The molecule has 178 valence electrons. The Labute approximate surface area is 198 Å². The van der Waals surface area contributed by atoms with Crippen molar-refractivity contribution in [3.8, 4) is 23.0 Å². The molecule has 1 N–H and O–H groups in total. The fourth-order valence-electron chi connectivity index (χ4n) is 2.98. The number of hydrogen-bond acceptors (Lipinski definition) is 7. The van der Waals surface area contributed by atoms with Gasteiger partial charge in [0.1, 0.15) is 18.0 Å². The fourth-order valence-corrected chi connectivity index (χ4v) is 3.84. The van der Waals surface area contributed by atoms with Gasteiger partial charge in [0, 0.05) is 0 Å². The van der Waals surface area contributed by atoms with Crippen LogP contribution >= 0.6 is 0 Å². The third kappa shape index (κ3) is 6.72. The van der Waals surface area contributed by atoms with Crippen LogP contribution in [0, 0.1) is 0 Å². The first kappa shape index (κ1) is 24.6. The number of carbonyl (C=O) groups excluding carboxylic acids is 1. The van der Waals surface area contributed by atoms with E-state index < -0.39 is 22.5 Å². The van der Waals surface area contributed by atoms with E-state index in [1.807, 2.05) is 30.3 Å². The second-order valence-corrected chi connectivity index (χ2v) is 8.99. The Morgan fingerprint density at radius 1 is 0.941 bits per heavy atom. The Kier molecular flexibility index (Phi) is 8.10. The number of hydrogen-bond donors (Lipinski definition) is 1. The van der Waals surface area contributed by atoms with E-state index in [1.165, 1.54) is 20.4 Å². The summed E-state index contributed by atoms with van der Waals surface area (Å²) in [6, 6.07) is 20.7. The lowest BCUT2D eigenvalue weighted by Crippen LogP contribution is -2.39. The van der Waals surface area contributed by atoms with Gasteiger partial charge in [-0.1, -0.05) is 18.2 Å². The number of nitrogens with zero attached hydrogens (tertiary/aromatic N) is 2. The quantitative estimate of drug-likeness (QED) is 0.350. The van der Waals surface area contributed by atoms with E-state index in [1.54, 1.807) is 42.5 Å². The average Bonchev–Trinajstić information content (AvgIpc) is 2.83. The minimum atomic E-state index is -3.73. The van der Waals surface area contributed by atoms with Crippen molar-refractivity contribution in [1.29, 1.82) is 0 Å². The predicted octanol–water partition coefficient (Wildman–Crippen LogP) is 3.41. The van der Waals surface area contributed by atoms with Gasteiger partial charge in [-0.3, -0.25) is 9.10 Å². The van der Waals surface area contributed by atoms with Gasteiger partial charge in [-0.15, -0.1) is 0 Å². The number of anilines is 1. The fraction of sp³-hybridized carbons (Fsp3) is 0.167. The van der Waals surface area contributed by atoms with E-state index in [0.29, 0.717) is 34.2 Å². The van der Waals surface area contributed by atoms with Crippen molar-refractivity contribution in [2.75, 3.05) is 31.3 Å². The van der Waals surface area contributed by atoms with Crippen molar-refractivity contribution < 1.29 is 27.4 Å². The van der Waals surface area contributed by atoms with E-state index >= 15 is 0 Å². The topological polar surface area (TPSA) is 107 Å². The summed E-state index contributed by atoms with van der Waals surface area (Å²) in [6.45, 7) is -0.443. The van der Waals surface area contributed by atoms with Gasteiger partial charge >= 0.3 is 0 Å². The van der Waals surface area contributed by atoms with Crippen molar-refractivity contribution in [3.63, 3.8) is 0 Å². The van der Waals surface area contributed by atoms with Crippen molar-refractivity contribution >= 4 is 27.8 Å². The number of carbonyl (C=O) groups is 1. The molecule has 0 bridgehead atoms. The molecule has 1 amide bonds. The van der Waals surface area contributed by atoms with Crippen molar-refractivity contribution in [1.82, 2.24) is 5.43 Å². The zero-order valence-electron chi connectivity index (χ0n) is 19.0. The second-order valence-electron chi connectivity index (χ2n) is 7.09. The highest BCUT2D eigenvalue weighted by Crippen LogP contribution is 2.27. The van der Waals surface area contributed by atoms with Gasteiger partial charge in [-0.05, 0) is 60.2 Å². The molecule has 10 heteroatoms. The minimum absolute atomic E-state index is 0.321. The SMILES string of the molecule is COc1ccc(/C=N/NC(=O)CN(c2ccc(Oc3ccccc3)cc2)S(C)(=O)=O)cc1OC. The third-order valence-electron chi connectivity index (χ3n) is 4.60. The van der Waals surface area contributed by atoms with Gasteiger partial charge in [0.25, 0.3) is 5.91 Å². The van der Waals surface area contributed by atoms with Crippen LogP contribution in [-0.2, 0) is 14.8 Å².